The van der Waals surface area contributed by atoms with Gasteiger partial charge < -0.3 is 5.11 Å². The third kappa shape index (κ3) is 4.26. The van der Waals surface area contributed by atoms with Crippen LogP contribution in [0.15, 0.2) is 58.8 Å². The lowest BCUT2D eigenvalue weighted by Crippen LogP contribution is -2.17. The maximum atomic E-state index is 10.3. The molecular weight excluding hydrogens is 387 g/mol. The minimum Gasteiger partial charge on any atom is -0.364 e. The first-order valence-electron chi connectivity index (χ1n) is 6.09. The first-order valence-corrected chi connectivity index (χ1v) is 7.54. The number of hydrogen-bond acceptors (Lipinski definition) is 3. The molecule has 0 aliphatic rings. The molecule has 2 rings (SSSR count). The van der Waals surface area contributed by atoms with Gasteiger partial charge in [-0.15, -0.1) is 0 Å². The van der Waals surface area contributed by atoms with E-state index in [9.17, 15) is 5.11 Å². The van der Waals surface area contributed by atoms with E-state index in [2.05, 4.69) is 32.8 Å². The van der Waals surface area contributed by atoms with Crippen molar-refractivity contribution in [3.8, 4) is 0 Å². The molecule has 2 aromatic carbocycles. The second-order valence-electron chi connectivity index (χ2n) is 4.55. The molecular formula is C15H14ClIN2O. The minimum atomic E-state index is -1.31. The van der Waals surface area contributed by atoms with Gasteiger partial charge in [0.2, 0.25) is 0 Å². The molecule has 0 heterocycles. The molecule has 0 aromatic heterocycles. The molecule has 3 nitrogen and oxygen atoms in total. The molecule has 5 heteroatoms. The SMILES string of the molecule is CC(O)(N=NCc1ccc(Cl)cc1)c1ccc(I)cc1. The summed E-state index contributed by atoms with van der Waals surface area (Å²) in [6, 6.07) is 15.0. The first-order chi connectivity index (χ1) is 9.47. The van der Waals surface area contributed by atoms with Crippen LogP contribution in [0.1, 0.15) is 18.1 Å². The summed E-state index contributed by atoms with van der Waals surface area (Å²) in [5.74, 6) is 0. The van der Waals surface area contributed by atoms with E-state index in [0.29, 0.717) is 11.6 Å². The maximum absolute atomic E-state index is 10.3. The second-order valence-corrected chi connectivity index (χ2v) is 6.24. The fourth-order valence-corrected chi connectivity index (χ4v) is 2.15. The van der Waals surface area contributed by atoms with Gasteiger partial charge in [0.15, 0.2) is 5.72 Å². The predicted octanol–water partition coefficient (Wildman–Crippen LogP) is 4.76. The molecule has 0 radical (unpaired) electrons. The average Bonchev–Trinajstić information content (AvgIpc) is 2.41. The number of aliphatic hydroxyl groups is 1. The zero-order valence-corrected chi connectivity index (χ0v) is 13.8. The van der Waals surface area contributed by atoms with Crippen LogP contribution in [0.5, 0.6) is 0 Å². The van der Waals surface area contributed by atoms with E-state index in [0.717, 1.165) is 14.7 Å². The molecule has 0 aliphatic carbocycles. The van der Waals surface area contributed by atoms with Crippen LogP contribution in [0, 0.1) is 3.57 Å². The molecule has 0 fully saturated rings. The number of hydrogen-bond donors (Lipinski definition) is 1. The molecule has 1 atom stereocenters. The lowest BCUT2D eigenvalue weighted by atomic mass is 10.1. The Morgan fingerprint density at radius 2 is 1.70 bits per heavy atom. The van der Waals surface area contributed by atoms with Gasteiger partial charge in [-0.3, -0.25) is 0 Å². The van der Waals surface area contributed by atoms with Crippen molar-refractivity contribution in [2.24, 2.45) is 10.2 Å². The smallest absolute Gasteiger partial charge is 0.199 e. The molecule has 0 spiro atoms. The van der Waals surface area contributed by atoms with Crippen LogP contribution < -0.4 is 0 Å². The molecule has 0 amide bonds. The van der Waals surface area contributed by atoms with Crippen molar-refractivity contribution < 1.29 is 5.11 Å². The molecule has 104 valence electrons. The number of benzene rings is 2. The highest BCUT2D eigenvalue weighted by Gasteiger charge is 2.21. The molecule has 0 bridgehead atoms. The van der Waals surface area contributed by atoms with Crippen LogP contribution in [0.4, 0.5) is 0 Å². The van der Waals surface area contributed by atoms with E-state index in [1.807, 2.05) is 48.5 Å². The van der Waals surface area contributed by atoms with Gasteiger partial charge in [0.1, 0.15) is 0 Å². The average molecular weight is 401 g/mol. The lowest BCUT2D eigenvalue weighted by molar-refractivity contribution is 0.0581. The van der Waals surface area contributed by atoms with Crippen molar-refractivity contribution in [3.05, 3.63) is 68.3 Å². The van der Waals surface area contributed by atoms with Crippen LogP contribution in [0.3, 0.4) is 0 Å². The van der Waals surface area contributed by atoms with Crippen molar-refractivity contribution in [3.63, 3.8) is 0 Å². The summed E-state index contributed by atoms with van der Waals surface area (Å²) in [7, 11) is 0. The van der Waals surface area contributed by atoms with E-state index < -0.39 is 5.72 Å². The van der Waals surface area contributed by atoms with Gasteiger partial charge in [0, 0.05) is 14.2 Å². The summed E-state index contributed by atoms with van der Waals surface area (Å²) in [4.78, 5) is 0. The van der Waals surface area contributed by atoms with Crippen LogP contribution in [0.2, 0.25) is 5.02 Å². The van der Waals surface area contributed by atoms with Crippen molar-refractivity contribution in [1.29, 1.82) is 0 Å². The van der Waals surface area contributed by atoms with Crippen molar-refractivity contribution in [1.82, 2.24) is 0 Å². The largest absolute Gasteiger partial charge is 0.364 e. The Balaban J connectivity index is 2.05. The number of rotatable bonds is 4. The van der Waals surface area contributed by atoms with E-state index in [1.54, 1.807) is 6.92 Å². The molecule has 20 heavy (non-hydrogen) atoms. The van der Waals surface area contributed by atoms with Gasteiger partial charge in [0.25, 0.3) is 0 Å². The highest BCUT2D eigenvalue weighted by molar-refractivity contribution is 14.1. The van der Waals surface area contributed by atoms with Crippen LogP contribution in [-0.2, 0) is 12.3 Å². The van der Waals surface area contributed by atoms with Gasteiger partial charge in [-0.05, 0) is 59.3 Å². The molecule has 0 aliphatic heterocycles. The Morgan fingerprint density at radius 1 is 1.10 bits per heavy atom. The van der Waals surface area contributed by atoms with E-state index >= 15 is 0 Å². The summed E-state index contributed by atoms with van der Waals surface area (Å²) < 4.78 is 1.11. The molecule has 0 saturated heterocycles. The van der Waals surface area contributed by atoms with Gasteiger partial charge in [0.05, 0.1) is 6.54 Å². The van der Waals surface area contributed by atoms with Gasteiger partial charge in [-0.2, -0.15) is 10.2 Å². The predicted molar refractivity (Wildman–Crippen MR) is 88.7 cm³/mol. The number of azo groups is 1. The fraction of sp³-hybridized carbons (Fsp3) is 0.200. The zero-order chi connectivity index (χ0) is 14.6. The molecule has 2 aromatic rings. The van der Waals surface area contributed by atoms with Crippen molar-refractivity contribution in [2.45, 2.75) is 19.2 Å². The van der Waals surface area contributed by atoms with E-state index in [1.165, 1.54) is 0 Å². The lowest BCUT2D eigenvalue weighted by Gasteiger charge is -2.17. The van der Waals surface area contributed by atoms with Gasteiger partial charge in [-0.1, -0.05) is 35.9 Å². The Bertz CT molecular complexity index is 594. The highest BCUT2D eigenvalue weighted by Crippen LogP contribution is 2.23. The standard InChI is InChI=1S/C15H14ClIN2O/c1-15(20,12-4-8-14(17)9-5-12)19-18-10-11-2-6-13(16)7-3-11/h2-9,20H,10H2,1H3. The topological polar surface area (TPSA) is 45.0 Å². The van der Waals surface area contributed by atoms with Crippen LogP contribution in [0.25, 0.3) is 0 Å². The minimum absolute atomic E-state index is 0.414. The highest BCUT2D eigenvalue weighted by atomic mass is 127. The summed E-state index contributed by atoms with van der Waals surface area (Å²) in [5.41, 5.74) is 0.408. The zero-order valence-electron chi connectivity index (χ0n) is 10.9. The summed E-state index contributed by atoms with van der Waals surface area (Å²) >= 11 is 8.03. The van der Waals surface area contributed by atoms with Crippen molar-refractivity contribution >= 4 is 34.2 Å². The first kappa shape index (κ1) is 15.4. The van der Waals surface area contributed by atoms with Crippen LogP contribution >= 0.6 is 34.2 Å². The summed E-state index contributed by atoms with van der Waals surface area (Å²) in [6.45, 7) is 2.04. The molecule has 1 N–H and O–H groups in total. The summed E-state index contributed by atoms with van der Waals surface area (Å²) in [5, 5.41) is 19.1. The molecule has 1 unspecified atom stereocenters. The quantitative estimate of drug-likeness (QED) is 0.583. The Kier molecular flexibility index (Phi) is 5.12. The normalized spacial score (nSPS) is 14.4. The fourth-order valence-electron chi connectivity index (χ4n) is 1.67. The second kappa shape index (κ2) is 6.65. The summed E-state index contributed by atoms with van der Waals surface area (Å²) in [6.07, 6.45) is 0. The van der Waals surface area contributed by atoms with E-state index in [4.69, 9.17) is 11.6 Å². The van der Waals surface area contributed by atoms with Gasteiger partial charge in [-0.25, -0.2) is 0 Å². The van der Waals surface area contributed by atoms with E-state index in [-0.39, 0.29) is 0 Å². The third-order valence-corrected chi connectivity index (χ3v) is 3.79. The van der Waals surface area contributed by atoms with Gasteiger partial charge >= 0.3 is 0 Å². The Morgan fingerprint density at radius 3 is 2.30 bits per heavy atom. The molecule has 0 saturated carbocycles. The number of nitrogens with zero attached hydrogens (tertiary/aromatic N) is 2. The number of halogens is 2. The Labute approximate surface area is 136 Å². The monoisotopic (exact) mass is 400 g/mol. The van der Waals surface area contributed by atoms with Crippen LogP contribution in [-0.4, -0.2) is 5.11 Å². The van der Waals surface area contributed by atoms with Crippen molar-refractivity contribution in [2.75, 3.05) is 0 Å². The Hall–Kier alpha value is -0.980. The maximum Gasteiger partial charge on any atom is 0.199 e. The third-order valence-electron chi connectivity index (χ3n) is 2.82.